The Bertz CT molecular complexity index is 1170. The van der Waals surface area contributed by atoms with Crippen LogP contribution in [-0.4, -0.2) is 20.5 Å². The highest BCUT2D eigenvalue weighted by Crippen LogP contribution is 2.41. The van der Waals surface area contributed by atoms with Crippen LogP contribution in [0.1, 0.15) is 23.8 Å². The van der Waals surface area contributed by atoms with E-state index >= 15 is 0 Å². The number of aliphatic hydroxyl groups is 1. The van der Waals surface area contributed by atoms with E-state index in [9.17, 15) is 5.11 Å². The number of fused-ring (bicyclic) bond motifs is 2. The standard InChI is InChI=1S/C24H20N2O3S/c27-22-13-24(30-19-5-3-11-25-14-19)29-23-10-9-18(12-20(22)23)28-15-17-8-7-16-4-1-2-6-21(16)26-17/h1-12,14,22,24,27H,13,15H2/t22-,24-/m0/s1. The SMILES string of the molecule is O[C@H]1C[C@H](Sc2cccnc2)Oc2ccc(OCc3ccc4ccccc4n3)cc21. The van der Waals surface area contributed by atoms with Gasteiger partial charge in [-0.1, -0.05) is 36.0 Å². The van der Waals surface area contributed by atoms with Gasteiger partial charge in [0.25, 0.3) is 0 Å². The smallest absolute Gasteiger partial charge is 0.151 e. The lowest BCUT2D eigenvalue weighted by molar-refractivity contribution is 0.102. The molecule has 0 bridgehead atoms. The number of aliphatic hydroxyl groups excluding tert-OH is 1. The van der Waals surface area contributed by atoms with Crippen LogP contribution in [-0.2, 0) is 6.61 Å². The third-order valence-electron chi connectivity index (χ3n) is 4.96. The van der Waals surface area contributed by atoms with Crippen LogP contribution in [0.25, 0.3) is 10.9 Å². The maximum atomic E-state index is 10.7. The Morgan fingerprint density at radius 1 is 1.07 bits per heavy atom. The van der Waals surface area contributed by atoms with Gasteiger partial charge < -0.3 is 14.6 Å². The van der Waals surface area contributed by atoms with Crippen molar-refractivity contribution in [2.75, 3.05) is 0 Å². The van der Waals surface area contributed by atoms with Crippen molar-refractivity contribution in [3.05, 3.63) is 90.4 Å². The van der Waals surface area contributed by atoms with Gasteiger partial charge in [-0.15, -0.1) is 0 Å². The molecule has 0 fully saturated rings. The number of rotatable bonds is 5. The molecule has 0 aliphatic carbocycles. The summed E-state index contributed by atoms with van der Waals surface area (Å²) in [5, 5.41) is 11.8. The first-order chi connectivity index (χ1) is 14.7. The number of thioether (sulfide) groups is 1. The number of ether oxygens (including phenoxy) is 2. The van der Waals surface area contributed by atoms with E-state index in [1.165, 1.54) is 0 Å². The molecule has 30 heavy (non-hydrogen) atoms. The van der Waals surface area contributed by atoms with Crippen molar-refractivity contribution < 1.29 is 14.6 Å². The number of aromatic nitrogens is 2. The van der Waals surface area contributed by atoms with Gasteiger partial charge in [0.2, 0.25) is 0 Å². The highest BCUT2D eigenvalue weighted by molar-refractivity contribution is 7.99. The van der Waals surface area contributed by atoms with Crippen molar-refractivity contribution in [2.24, 2.45) is 0 Å². The molecule has 1 aliphatic heterocycles. The molecule has 3 heterocycles. The predicted octanol–water partition coefficient (Wildman–Crippen LogP) is 5.14. The number of benzene rings is 2. The summed E-state index contributed by atoms with van der Waals surface area (Å²) in [7, 11) is 0. The molecule has 0 radical (unpaired) electrons. The Hall–Kier alpha value is -3.09. The second-order valence-corrected chi connectivity index (χ2v) is 8.32. The zero-order chi connectivity index (χ0) is 20.3. The third-order valence-corrected chi connectivity index (χ3v) is 6.02. The lowest BCUT2D eigenvalue weighted by atomic mass is 10.0. The van der Waals surface area contributed by atoms with Gasteiger partial charge in [-0.05, 0) is 42.5 Å². The number of nitrogens with zero attached hydrogens (tertiary/aromatic N) is 2. The summed E-state index contributed by atoms with van der Waals surface area (Å²) in [6, 6.07) is 21.5. The normalized spacial score (nSPS) is 17.9. The first-order valence-electron chi connectivity index (χ1n) is 9.77. The molecule has 6 heteroatoms. The number of hydrogen-bond donors (Lipinski definition) is 1. The Kier molecular flexibility index (Phi) is 5.26. The summed E-state index contributed by atoms with van der Waals surface area (Å²) in [6.07, 6.45) is 3.44. The van der Waals surface area contributed by atoms with E-state index in [1.807, 2.05) is 66.7 Å². The number of para-hydroxylation sites is 1. The van der Waals surface area contributed by atoms with Crippen molar-refractivity contribution in [1.29, 1.82) is 0 Å². The van der Waals surface area contributed by atoms with Crippen LogP contribution in [0, 0.1) is 0 Å². The number of pyridine rings is 2. The van der Waals surface area contributed by atoms with Crippen molar-refractivity contribution in [3.63, 3.8) is 0 Å². The molecule has 5 rings (SSSR count). The second kappa shape index (κ2) is 8.34. The highest BCUT2D eigenvalue weighted by atomic mass is 32.2. The zero-order valence-corrected chi connectivity index (χ0v) is 17.0. The largest absolute Gasteiger partial charge is 0.487 e. The van der Waals surface area contributed by atoms with Crippen LogP contribution in [0.2, 0.25) is 0 Å². The average molecular weight is 417 g/mol. The average Bonchev–Trinajstić information content (AvgIpc) is 2.78. The quantitative estimate of drug-likeness (QED) is 0.486. The third kappa shape index (κ3) is 4.10. The summed E-state index contributed by atoms with van der Waals surface area (Å²) < 4.78 is 12.0. The second-order valence-electron chi connectivity index (χ2n) is 7.09. The first kappa shape index (κ1) is 18.9. The molecule has 1 N–H and O–H groups in total. The first-order valence-corrected chi connectivity index (χ1v) is 10.7. The van der Waals surface area contributed by atoms with Gasteiger partial charge in [-0.3, -0.25) is 4.98 Å². The van der Waals surface area contributed by atoms with E-state index < -0.39 is 6.10 Å². The molecule has 1 aliphatic rings. The molecule has 2 atom stereocenters. The summed E-state index contributed by atoms with van der Waals surface area (Å²) in [4.78, 5) is 9.78. The molecule has 0 saturated heterocycles. The topological polar surface area (TPSA) is 64.5 Å². The molecule has 4 aromatic rings. The van der Waals surface area contributed by atoms with E-state index in [0.29, 0.717) is 24.5 Å². The molecule has 2 aromatic heterocycles. The fourth-order valence-corrected chi connectivity index (χ4v) is 4.48. The fraction of sp³-hybridized carbons (Fsp3) is 0.167. The fourth-order valence-electron chi connectivity index (χ4n) is 3.47. The Labute approximate surface area is 178 Å². The summed E-state index contributed by atoms with van der Waals surface area (Å²) in [5.74, 6) is 1.37. The van der Waals surface area contributed by atoms with E-state index in [-0.39, 0.29) is 5.44 Å². The molecule has 0 amide bonds. The van der Waals surface area contributed by atoms with E-state index in [1.54, 1.807) is 24.2 Å². The molecule has 0 unspecified atom stereocenters. The van der Waals surface area contributed by atoms with Crippen molar-refractivity contribution >= 4 is 22.7 Å². The van der Waals surface area contributed by atoms with Gasteiger partial charge in [0.05, 0.1) is 17.3 Å². The van der Waals surface area contributed by atoms with E-state index in [0.717, 1.165) is 27.1 Å². The van der Waals surface area contributed by atoms with Crippen molar-refractivity contribution in [3.8, 4) is 11.5 Å². The molecular formula is C24H20N2O3S. The summed E-state index contributed by atoms with van der Waals surface area (Å²) in [5.41, 5.74) is 2.40. The maximum absolute atomic E-state index is 10.7. The minimum Gasteiger partial charge on any atom is -0.487 e. The minimum atomic E-state index is -0.606. The van der Waals surface area contributed by atoms with Crippen LogP contribution >= 0.6 is 11.8 Å². The van der Waals surface area contributed by atoms with Gasteiger partial charge in [-0.2, -0.15) is 0 Å². The molecule has 0 saturated carbocycles. The van der Waals surface area contributed by atoms with Crippen LogP contribution in [0.5, 0.6) is 11.5 Å². The van der Waals surface area contributed by atoms with Gasteiger partial charge in [0.1, 0.15) is 18.1 Å². The van der Waals surface area contributed by atoms with Gasteiger partial charge in [-0.25, -0.2) is 4.98 Å². The number of hydrogen-bond acceptors (Lipinski definition) is 6. The predicted molar refractivity (Wildman–Crippen MR) is 117 cm³/mol. The van der Waals surface area contributed by atoms with Gasteiger partial charge >= 0.3 is 0 Å². The zero-order valence-electron chi connectivity index (χ0n) is 16.1. The molecule has 150 valence electrons. The Morgan fingerprint density at radius 3 is 2.90 bits per heavy atom. The van der Waals surface area contributed by atoms with Crippen molar-refractivity contribution in [2.45, 2.75) is 29.5 Å². The highest BCUT2D eigenvalue weighted by Gasteiger charge is 2.28. The lowest BCUT2D eigenvalue weighted by Gasteiger charge is -2.29. The van der Waals surface area contributed by atoms with E-state index in [4.69, 9.17) is 9.47 Å². The Balaban J connectivity index is 1.27. The van der Waals surface area contributed by atoms with Gasteiger partial charge in [0, 0.05) is 34.7 Å². The van der Waals surface area contributed by atoms with Crippen LogP contribution in [0.3, 0.4) is 0 Å². The van der Waals surface area contributed by atoms with Gasteiger partial charge in [0.15, 0.2) is 5.44 Å². The van der Waals surface area contributed by atoms with Crippen LogP contribution in [0.4, 0.5) is 0 Å². The summed E-state index contributed by atoms with van der Waals surface area (Å²) >= 11 is 1.56. The molecule has 2 aromatic carbocycles. The lowest BCUT2D eigenvalue weighted by Crippen LogP contribution is -2.22. The van der Waals surface area contributed by atoms with Crippen molar-refractivity contribution in [1.82, 2.24) is 9.97 Å². The molecule has 0 spiro atoms. The summed E-state index contributed by atoms with van der Waals surface area (Å²) in [6.45, 7) is 0.361. The van der Waals surface area contributed by atoms with Crippen LogP contribution < -0.4 is 9.47 Å². The monoisotopic (exact) mass is 416 g/mol. The minimum absolute atomic E-state index is 0.162. The molecule has 5 nitrogen and oxygen atoms in total. The van der Waals surface area contributed by atoms with Crippen LogP contribution in [0.15, 0.2) is 84.0 Å². The Morgan fingerprint density at radius 2 is 2.00 bits per heavy atom. The maximum Gasteiger partial charge on any atom is 0.151 e. The van der Waals surface area contributed by atoms with E-state index in [2.05, 4.69) is 9.97 Å². The molecular weight excluding hydrogens is 396 g/mol.